The Bertz CT molecular complexity index is 436. The fourth-order valence-corrected chi connectivity index (χ4v) is 3.48. The molecule has 0 radical (unpaired) electrons. The monoisotopic (exact) mass is 366 g/mol. The molecule has 0 bridgehead atoms. The van der Waals surface area contributed by atoms with Crippen molar-refractivity contribution in [2.24, 2.45) is 5.41 Å². The molecule has 1 unspecified atom stereocenters. The second-order valence-corrected chi connectivity index (χ2v) is 7.74. The van der Waals surface area contributed by atoms with Crippen molar-refractivity contribution in [1.29, 1.82) is 0 Å². The SMILES string of the molecule is CC1(C)CCCNC1CNC(=O)c1csc(Br)c1.Cl. The minimum Gasteiger partial charge on any atom is -0.350 e. The Kier molecular flexibility index (Phi) is 6.30. The smallest absolute Gasteiger partial charge is 0.252 e. The van der Waals surface area contributed by atoms with Gasteiger partial charge in [-0.05, 0) is 46.8 Å². The third-order valence-corrected chi connectivity index (χ3v) is 5.13. The summed E-state index contributed by atoms with van der Waals surface area (Å²) in [5.74, 6) is 0.0140. The highest BCUT2D eigenvalue weighted by molar-refractivity contribution is 9.11. The van der Waals surface area contributed by atoms with Crippen LogP contribution < -0.4 is 10.6 Å². The molecule has 108 valence electrons. The number of carbonyl (C=O) groups is 1. The summed E-state index contributed by atoms with van der Waals surface area (Å²) < 4.78 is 0.990. The number of piperidine rings is 1. The van der Waals surface area contributed by atoms with E-state index in [1.165, 1.54) is 24.2 Å². The lowest BCUT2D eigenvalue weighted by Crippen LogP contribution is -2.52. The highest BCUT2D eigenvalue weighted by Crippen LogP contribution is 2.29. The summed E-state index contributed by atoms with van der Waals surface area (Å²) in [6.07, 6.45) is 2.43. The van der Waals surface area contributed by atoms with Crippen molar-refractivity contribution >= 4 is 45.6 Å². The lowest BCUT2D eigenvalue weighted by molar-refractivity contribution is 0.0929. The molecular formula is C13H20BrClN2OS. The molecule has 2 heterocycles. The average molecular weight is 368 g/mol. The molecule has 1 aliphatic heterocycles. The minimum atomic E-state index is 0. The number of hydrogen-bond acceptors (Lipinski definition) is 3. The van der Waals surface area contributed by atoms with Crippen molar-refractivity contribution in [2.45, 2.75) is 32.7 Å². The van der Waals surface area contributed by atoms with Gasteiger partial charge >= 0.3 is 0 Å². The lowest BCUT2D eigenvalue weighted by atomic mass is 9.77. The Balaban J connectivity index is 0.00000180. The average Bonchev–Trinajstić information content (AvgIpc) is 2.73. The molecule has 0 spiro atoms. The molecule has 1 atom stereocenters. The number of amides is 1. The van der Waals surface area contributed by atoms with Crippen LogP contribution >= 0.6 is 39.7 Å². The van der Waals surface area contributed by atoms with Gasteiger partial charge < -0.3 is 10.6 Å². The molecule has 0 aliphatic carbocycles. The van der Waals surface area contributed by atoms with Crippen molar-refractivity contribution < 1.29 is 4.79 Å². The van der Waals surface area contributed by atoms with Crippen LogP contribution in [0.3, 0.4) is 0 Å². The number of rotatable bonds is 3. The fraction of sp³-hybridized carbons (Fsp3) is 0.615. The van der Waals surface area contributed by atoms with Gasteiger partial charge in [0.15, 0.2) is 0 Å². The highest BCUT2D eigenvalue weighted by atomic mass is 79.9. The Hall–Kier alpha value is -0.100. The summed E-state index contributed by atoms with van der Waals surface area (Å²) in [6, 6.07) is 2.22. The van der Waals surface area contributed by atoms with Crippen molar-refractivity contribution in [3.8, 4) is 0 Å². The highest BCUT2D eigenvalue weighted by Gasteiger charge is 2.31. The van der Waals surface area contributed by atoms with E-state index < -0.39 is 0 Å². The van der Waals surface area contributed by atoms with E-state index in [4.69, 9.17) is 0 Å². The topological polar surface area (TPSA) is 41.1 Å². The summed E-state index contributed by atoms with van der Waals surface area (Å²) in [5, 5.41) is 8.40. The lowest BCUT2D eigenvalue weighted by Gasteiger charge is -2.39. The molecule has 1 aromatic rings. The first-order valence-corrected chi connectivity index (χ1v) is 7.92. The predicted molar refractivity (Wildman–Crippen MR) is 86.4 cm³/mol. The van der Waals surface area contributed by atoms with Crippen molar-refractivity contribution in [3.05, 3.63) is 20.8 Å². The van der Waals surface area contributed by atoms with E-state index in [1.807, 2.05) is 11.4 Å². The maximum Gasteiger partial charge on any atom is 0.252 e. The number of hydrogen-bond donors (Lipinski definition) is 2. The first kappa shape index (κ1) is 17.0. The molecule has 0 aromatic carbocycles. The van der Waals surface area contributed by atoms with Gasteiger partial charge in [0.1, 0.15) is 0 Å². The number of thiophene rings is 1. The Morgan fingerprint density at radius 3 is 2.95 bits per heavy atom. The van der Waals surface area contributed by atoms with Gasteiger partial charge in [0.2, 0.25) is 0 Å². The van der Waals surface area contributed by atoms with Crippen LogP contribution in [0.4, 0.5) is 0 Å². The maximum absolute atomic E-state index is 12.0. The fourth-order valence-electron chi connectivity index (χ4n) is 2.35. The van der Waals surface area contributed by atoms with Crippen LogP contribution in [0.2, 0.25) is 0 Å². The van der Waals surface area contributed by atoms with Gasteiger partial charge in [0.05, 0.1) is 9.35 Å². The minimum absolute atomic E-state index is 0. The van der Waals surface area contributed by atoms with Gasteiger partial charge in [-0.25, -0.2) is 0 Å². The van der Waals surface area contributed by atoms with Gasteiger partial charge in [0, 0.05) is 18.0 Å². The molecule has 6 heteroatoms. The van der Waals surface area contributed by atoms with E-state index in [0.29, 0.717) is 12.6 Å². The summed E-state index contributed by atoms with van der Waals surface area (Å²) >= 11 is 4.91. The Morgan fingerprint density at radius 1 is 1.63 bits per heavy atom. The largest absolute Gasteiger partial charge is 0.350 e. The Labute approximate surface area is 133 Å². The summed E-state index contributed by atoms with van der Waals surface area (Å²) in [4.78, 5) is 12.0. The van der Waals surface area contributed by atoms with Crippen molar-refractivity contribution in [1.82, 2.24) is 10.6 Å². The third kappa shape index (κ3) is 4.45. The van der Waals surface area contributed by atoms with Crippen LogP contribution in [0.15, 0.2) is 15.2 Å². The van der Waals surface area contributed by atoms with Crippen LogP contribution in [-0.4, -0.2) is 25.0 Å². The van der Waals surface area contributed by atoms with Gasteiger partial charge in [-0.3, -0.25) is 4.79 Å². The quantitative estimate of drug-likeness (QED) is 0.859. The standard InChI is InChI=1S/C13H19BrN2OS.ClH/c1-13(2)4-3-5-15-10(13)7-16-12(17)9-6-11(14)18-8-9;/h6,8,10,15H,3-5,7H2,1-2H3,(H,16,17);1H. The molecule has 1 fully saturated rings. The van der Waals surface area contributed by atoms with Gasteiger partial charge in [0.25, 0.3) is 5.91 Å². The zero-order chi connectivity index (χ0) is 13.2. The molecule has 1 saturated heterocycles. The normalized spacial score (nSPS) is 21.5. The maximum atomic E-state index is 12.0. The zero-order valence-corrected chi connectivity index (χ0v) is 14.4. The first-order chi connectivity index (χ1) is 8.49. The van der Waals surface area contributed by atoms with E-state index >= 15 is 0 Å². The van der Waals surface area contributed by atoms with E-state index in [2.05, 4.69) is 40.4 Å². The predicted octanol–water partition coefficient (Wildman–Crippen LogP) is 3.44. The second-order valence-electron chi connectivity index (χ2n) is 5.45. The molecular weight excluding hydrogens is 348 g/mol. The molecule has 2 N–H and O–H groups in total. The van der Waals surface area contributed by atoms with E-state index in [0.717, 1.165) is 15.9 Å². The molecule has 1 aromatic heterocycles. The molecule has 1 aliphatic rings. The number of halogens is 2. The molecule has 0 saturated carbocycles. The van der Waals surface area contributed by atoms with Crippen LogP contribution in [0.5, 0.6) is 0 Å². The van der Waals surface area contributed by atoms with E-state index in [-0.39, 0.29) is 23.7 Å². The molecule has 2 rings (SSSR count). The van der Waals surface area contributed by atoms with Crippen molar-refractivity contribution in [2.75, 3.05) is 13.1 Å². The zero-order valence-electron chi connectivity index (χ0n) is 11.2. The van der Waals surface area contributed by atoms with Crippen LogP contribution in [0.25, 0.3) is 0 Å². The molecule has 19 heavy (non-hydrogen) atoms. The van der Waals surface area contributed by atoms with Crippen molar-refractivity contribution in [3.63, 3.8) is 0 Å². The van der Waals surface area contributed by atoms with Gasteiger partial charge in [-0.2, -0.15) is 0 Å². The van der Waals surface area contributed by atoms with Gasteiger partial charge in [-0.1, -0.05) is 13.8 Å². The van der Waals surface area contributed by atoms with E-state index in [1.54, 1.807) is 0 Å². The number of carbonyl (C=O) groups excluding carboxylic acids is 1. The van der Waals surface area contributed by atoms with Crippen LogP contribution in [-0.2, 0) is 0 Å². The Morgan fingerprint density at radius 2 is 2.37 bits per heavy atom. The summed E-state index contributed by atoms with van der Waals surface area (Å²) in [7, 11) is 0. The summed E-state index contributed by atoms with van der Waals surface area (Å²) in [5.41, 5.74) is 0.987. The van der Waals surface area contributed by atoms with Crippen LogP contribution in [0, 0.1) is 5.41 Å². The summed E-state index contributed by atoms with van der Waals surface area (Å²) in [6.45, 7) is 6.27. The first-order valence-electron chi connectivity index (χ1n) is 6.25. The third-order valence-electron chi connectivity index (χ3n) is 3.63. The number of nitrogens with one attached hydrogen (secondary N) is 2. The molecule has 1 amide bonds. The van der Waals surface area contributed by atoms with E-state index in [9.17, 15) is 4.79 Å². The second kappa shape index (κ2) is 7.07. The van der Waals surface area contributed by atoms with Gasteiger partial charge in [-0.15, -0.1) is 23.7 Å². The molecule has 3 nitrogen and oxygen atoms in total. The van der Waals surface area contributed by atoms with Crippen LogP contribution in [0.1, 0.15) is 37.0 Å².